The number of ether oxygens (including phenoxy) is 2. The Kier molecular flexibility index (Phi) is 3.79. The number of non-ortho nitro benzene ring substituents is 1. The fraction of sp³-hybridized carbons (Fsp3) is 0.278. The van der Waals surface area contributed by atoms with Crippen LogP contribution < -0.4 is 15.2 Å². The highest BCUT2D eigenvalue weighted by molar-refractivity contribution is 5.85. The molecule has 2 unspecified atom stereocenters. The SMILES string of the molecule is CC1(C(N)=O)Cc2cc3c(cc2C(c2ccc([N+](=O)[O-])cc2)N=N1)OCO3. The van der Waals surface area contributed by atoms with Crippen molar-refractivity contribution in [2.75, 3.05) is 6.79 Å². The van der Waals surface area contributed by atoms with Crippen LogP contribution in [0.15, 0.2) is 46.6 Å². The van der Waals surface area contributed by atoms with Crippen molar-refractivity contribution in [1.82, 2.24) is 0 Å². The van der Waals surface area contributed by atoms with E-state index in [-0.39, 0.29) is 18.9 Å². The number of hydrogen-bond donors (Lipinski definition) is 1. The van der Waals surface area contributed by atoms with Crippen molar-refractivity contribution < 1.29 is 19.2 Å². The van der Waals surface area contributed by atoms with Crippen molar-refractivity contribution in [1.29, 1.82) is 0 Å². The molecule has 2 N–H and O–H groups in total. The van der Waals surface area contributed by atoms with Gasteiger partial charge in [0.25, 0.3) is 5.69 Å². The fourth-order valence-electron chi connectivity index (χ4n) is 3.22. The highest BCUT2D eigenvalue weighted by atomic mass is 16.7. The first kappa shape index (κ1) is 17.0. The van der Waals surface area contributed by atoms with Gasteiger partial charge in [-0.1, -0.05) is 0 Å². The van der Waals surface area contributed by atoms with Crippen LogP contribution in [0.2, 0.25) is 0 Å². The predicted molar refractivity (Wildman–Crippen MR) is 93.7 cm³/mol. The zero-order chi connectivity index (χ0) is 19.2. The topological polar surface area (TPSA) is 129 Å². The van der Waals surface area contributed by atoms with Crippen molar-refractivity contribution >= 4 is 11.6 Å². The lowest BCUT2D eigenvalue weighted by molar-refractivity contribution is -0.384. The summed E-state index contributed by atoms with van der Waals surface area (Å²) in [6.45, 7) is 1.75. The van der Waals surface area contributed by atoms with E-state index in [1.165, 1.54) is 12.1 Å². The van der Waals surface area contributed by atoms with Gasteiger partial charge in [-0.3, -0.25) is 14.9 Å². The van der Waals surface area contributed by atoms with Crippen LogP contribution in [-0.2, 0) is 11.2 Å². The minimum Gasteiger partial charge on any atom is -0.454 e. The molecule has 1 amide bonds. The number of fused-ring (bicyclic) bond motifs is 2. The Morgan fingerprint density at radius 1 is 1.26 bits per heavy atom. The van der Waals surface area contributed by atoms with Crippen LogP contribution in [0.3, 0.4) is 0 Å². The van der Waals surface area contributed by atoms with Crippen LogP contribution in [0, 0.1) is 10.1 Å². The van der Waals surface area contributed by atoms with Crippen LogP contribution in [0.5, 0.6) is 11.5 Å². The Bertz CT molecular complexity index is 972. The maximum absolute atomic E-state index is 12.0. The molecule has 9 nitrogen and oxygen atoms in total. The third-order valence-electron chi connectivity index (χ3n) is 4.81. The van der Waals surface area contributed by atoms with E-state index in [1.807, 2.05) is 12.1 Å². The summed E-state index contributed by atoms with van der Waals surface area (Å²) in [6.07, 6.45) is 0.265. The van der Waals surface area contributed by atoms with E-state index in [0.717, 1.165) is 11.1 Å². The summed E-state index contributed by atoms with van der Waals surface area (Å²) in [5.74, 6) is 0.586. The first-order chi connectivity index (χ1) is 12.9. The highest BCUT2D eigenvalue weighted by Gasteiger charge is 2.37. The number of rotatable bonds is 3. The number of primary amides is 1. The van der Waals surface area contributed by atoms with Gasteiger partial charge in [0.1, 0.15) is 6.04 Å². The summed E-state index contributed by atoms with van der Waals surface area (Å²) in [6, 6.07) is 9.16. The molecule has 0 fully saturated rings. The number of amides is 1. The van der Waals surface area contributed by atoms with Crippen molar-refractivity contribution in [3.8, 4) is 11.5 Å². The third-order valence-corrected chi connectivity index (χ3v) is 4.81. The molecular formula is C18H16N4O5. The number of azo groups is 1. The molecule has 2 aliphatic rings. The Morgan fingerprint density at radius 2 is 1.93 bits per heavy atom. The second-order valence-corrected chi connectivity index (χ2v) is 6.69. The van der Waals surface area contributed by atoms with Gasteiger partial charge in [0, 0.05) is 18.6 Å². The Balaban J connectivity index is 1.86. The van der Waals surface area contributed by atoms with Gasteiger partial charge < -0.3 is 15.2 Å². The minimum atomic E-state index is -1.20. The molecular weight excluding hydrogens is 352 g/mol. The van der Waals surface area contributed by atoms with E-state index in [9.17, 15) is 14.9 Å². The van der Waals surface area contributed by atoms with Gasteiger partial charge in [-0.2, -0.15) is 10.2 Å². The standard InChI is InChI=1S/C18H16N4O5/c1-18(17(19)23)8-11-6-14-15(27-9-26-14)7-13(11)16(20-21-18)10-2-4-12(5-3-10)22(24)25/h2-7,16H,8-9H2,1H3,(H2,19,23). The summed E-state index contributed by atoms with van der Waals surface area (Å²) < 4.78 is 10.9. The Labute approximate surface area is 153 Å². The number of hydrogen-bond acceptors (Lipinski definition) is 7. The average Bonchev–Trinajstić information content (AvgIpc) is 3.03. The third kappa shape index (κ3) is 2.86. The van der Waals surface area contributed by atoms with Crippen molar-refractivity contribution in [3.63, 3.8) is 0 Å². The lowest BCUT2D eigenvalue weighted by Gasteiger charge is -2.19. The molecule has 2 heterocycles. The highest BCUT2D eigenvalue weighted by Crippen LogP contribution is 2.43. The first-order valence-electron chi connectivity index (χ1n) is 8.26. The van der Waals surface area contributed by atoms with Gasteiger partial charge in [-0.05, 0) is 47.9 Å². The van der Waals surface area contributed by atoms with Crippen molar-refractivity contribution in [2.45, 2.75) is 24.9 Å². The number of nitrogens with two attached hydrogens (primary N) is 1. The van der Waals surface area contributed by atoms with Gasteiger partial charge in [0.2, 0.25) is 12.7 Å². The summed E-state index contributed by atoms with van der Waals surface area (Å²) in [5, 5.41) is 19.5. The van der Waals surface area contributed by atoms with Crippen LogP contribution >= 0.6 is 0 Å². The summed E-state index contributed by atoms with van der Waals surface area (Å²) in [4.78, 5) is 22.4. The molecule has 27 heavy (non-hydrogen) atoms. The zero-order valence-corrected chi connectivity index (χ0v) is 14.4. The fourth-order valence-corrected chi connectivity index (χ4v) is 3.22. The number of nitro groups is 1. The Morgan fingerprint density at radius 3 is 2.56 bits per heavy atom. The van der Waals surface area contributed by atoms with Crippen LogP contribution in [0.4, 0.5) is 5.69 Å². The average molecular weight is 368 g/mol. The van der Waals surface area contributed by atoms with Gasteiger partial charge in [-0.25, -0.2) is 0 Å². The molecule has 0 aliphatic carbocycles. The van der Waals surface area contributed by atoms with Crippen LogP contribution in [-0.4, -0.2) is 23.2 Å². The number of carbonyl (C=O) groups is 1. The van der Waals surface area contributed by atoms with E-state index >= 15 is 0 Å². The quantitative estimate of drug-likeness (QED) is 0.657. The normalized spacial score (nSPS) is 22.8. The summed E-state index contributed by atoms with van der Waals surface area (Å²) in [7, 11) is 0. The molecule has 0 saturated heterocycles. The molecule has 9 heteroatoms. The molecule has 0 spiro atoms. The summed E-state index contributed by atoms with van der Waals surface area (Å²) >= 11 is 0. The molecule has 4 rings (SSSR count). The second kappa shape index (κ2) is 6.04. The van der Waals surface area contributed by atoms with E-state index in [4.69, 9.17) is 15.2 Å². The smallest absolute Gasteiger partial charge is 0.269 e. The summed E-state index contributed by atoms with van der Waals surface area (Å²) in [5.41, 5.74) is 6.66. The minimum absolute atomic E-state index is 0.0165. The number of carbonyl (C=O) groups excluding carboxylic acids is 1. The molecule has 2 aromatic rings. The number of benzene rings is 2. The monoisotopic (exact) mass is 368 g/mol. The lowest BCUT2D eigenvalue weighted by atomic mass is 9.87. The van der Waals surface area contributed by atoms with Crippen LogP contribution in [0.25, 0.3) is 0 Å². The van der Waals surface area contributed by atoms with E-state index < -0.39 is 22.4 Å². The second-order valence-electron chi connectivity index (χ2n) is 6.69. The molecule has 0 saturated carbocycles. The van der Waals surface area contributed by atoms with E-state index in [0.29, 0.717) is 17.1 Å². The maximum atomic E-state index is 12.0. The molecule has 2 aliphatic heterocycles. The van der Waals surface area contributed by atoms with E-state index in [2.05, 4.69) is 10.2 Å². The first-order valence-corrected chi connectivity index (χ1v) is 8.26. The molecule has 0 aromatic heterocycles. The van der Waals surface area contributed by atoms with Crippen molar-refractivity contribution in [2.24, 2.45) is 16.0 Å². The van der Waals surface area contributed by atoms with Gasteiger partial charge in [0.05, 0.1) is 4.92 Å². The predicted octanol–water partition coefficient (Wildman–Crippen LogP) is 2.67. The van der Waals surface area contributed by atoms with Crippen LogP contribution in [0.1, 0.15) is 29.7 Å². The van der Waals surface area contributed by atoms with E-state index in [1.54, 1.807) is 19.1 Å². The number of nitrogens with zero attached hydrogens (tertiary/aromatic N) is 3. The van der Waals surface area contributed by atoms with Gasteiger partial charge in [-0.15, -0.1) is 0 Å². The van der Waals surface area contributed by atoms with Gasteiger partial charge in [0.15, 0.2) is 17.0 Å². The molecule has 2 atom stereocenters. The molecule has 2 aromatic carbocycles. The van der Waals surface area contributed by atoms with Crippen molar-refractivity contribution in [3.05, 3.63) is 63.2 Å². The lowest BCUT2D eigenvalue weighted by Crippen LogP contribution is -2.40. The zero-order valence-electron chi connectivity index (χ0n) is 14.4. The number of nitro benzene ring substituents is 1. The molecule has 138 valence electrons. The molecule has 0 bridgehead atoms. The van der Waals surface area contributed by atoms with Gasteiger partial charge >= 0.3 is 0 Å². The molecule has 0 radical (unpaired) electrons. The Hall–Kier alpha value is -3.49. The largest absolute Gasteiger partial charge is 0.454 e. The maximum Gasteiger partial charge on any atom is 0.269 e.